The van der Waals surface area contributed by atoms with Gasteiger partial charge in [-0.15, -0.1) is 0 Å². The summed E-state index contributed by atoms with van der Waals surface area (Å²) in [5.41, 5.74) is 1.58. The molecule has 5 heteroatoms. The Balaban J connectivity index is 2.89. The summed E-state index contributed by atoms with van der Waals surface area (Å²) >= 11 is 5.74. The summed E-state index contributed by atoms with van der Waals surface area (Å²) in [4.78, 5) is 14.4. The van der Waals surface area contributed by atoms with Gasteiger partial charge in [-0.3, -0.25) is 0 Å². The van der Waals surface area contributed by atoms with Crippen LogP contribution in [-0.2, 0) is 0 Å². The SMILES string of the molecule is Cc1cc(C(C)NC(=O)O)cc(Cl)n1. The molecular formula is C9H11ClN2O2. The van der Waals surface area contributed by atoms with Crippen molar-refractivity contribution in [1.29, 1.82) is 0 Å². The molecule has 0 saturated heterocycles. The molecule has 0 aliphatic heterocycles. The van der Waals surface area contributed by atoms with Gasteiger partial charge in [-0.2, -0.15) is 0 Å². The maximum atomic E-state index is 10.4. The first-order valence-corrected chi connectivity index (χ1v) is 4.50. The van der Waals surface area contributed by atoms with Gasteiger partial charge in [-0.1, -0.05) is 11.6 Å². The summed E-state index contributed by atoms with van der Waals surface area (Å²) in [7, 11) is 0. The topological polar surface area (TPSA) is 62.2 Å². The lowest BCUT2D eigenvalue weighted by atomic mass is 10.1. The van der Waals surface area contributed by atoms with Gasteiger partial charge in [0.2, 0.25) is 0 Å². The van der Waals surface area contributed by atoms with E-state index in [0.717, 1.165) is 11.3 Å². The standard InChI is InChI=1S/C9H11ClN2O2/c1-5-3-7(4-8(10)11-5)6(2)12-9(13)14/h3-4,6,12H,1-2H3,(H,13,14). The summed E-state index contributed by atoms with van der Waals surface area (Å²) in [5.74, 6) is 0. The molecule has 2 N–H and O–H groups in total. The summed E-state index contributed by atoms with van der Waals surface area (Å²) in [6, 6.07) is 3.16. The minimum Gasteiger partial charge on any atom is -0.465 e. The molecule has 0 bridgehead atoms. The van der Waals surface area contributed by atoms with Gasteiger partial charge >= 0.3 is 6.09 Å². The van der Waals surface area contributed by atoms with E-state index in [-0.39, 0.29) is 6.04 Å². The number of hydrogen-bond donors (Lipinski definition) is 2. The van der Waals surface area contributed by atoms with Crippen LogP contribution < -0.4 is 5.32 Å². The number of pyridine rings is 1. The molecule has 1 unspecified atom stereocenters. The second kappa shape index (κ2) is 4.28. The number of nitrogens with zero attached hydrogens (tertiary/aromatic N) is 1. The number of aromatic nitrogens is 1. The zero-order valence-electron chi connectivity index (χ0n) is 7.91. The molecule has 1 rings (SSSR count). The first kappa shape index (κ1) is 10.8. The molecule has 1 atom stereocenters. The summed E-state index contributed by atoms with van der Waals surface area (Å²) in [6.07, 6.45) is -1.05. The largest absolute Gasteiger partial charge is 0.465 e. The van der Waals surface area contributed by atoms with Crippen LogP contribution in [0, 0.1) is 6.92 Å². The third-order valence-electron chi connectivity index (χ3n) is 1.78. The molecule has 1 amide bonds. The monoisotopic (exact) mass is 214 g/mol. The normalized spacial score (nSPS) is 12.2. The average Bonchev–Trinajstić information content (AvgIpc) is 2.00. The van der Waals surface area contributed by atoms with Gasteiger partial charge in [0.25, 0.3) is 0 Å². The van der Waals surface area contributed by atoms with Gasteiger partial charge < -0.3 is 10.4 Å². The van der Waals surface area contributed by atoms with Crippen LogP contribution in [0.1, 0.15) is 24.2 Å². The van der Waals surface area contributed by atoms with Crippen molar-refractivity contribution in [2.75, 3.05) is 0 Å². The Morgan fingerprint density at radius 1 is 1.64 bits per heavy atom. The first-order valence-electron chi connectivity index (χ1n) is 4.12. The number of amides is 1. The van der Waals surface area contributed by atoms with Crippen LogP contribution in [0.25, 0.3) is 0 Å². The van der Waals surface area contributed by atoms with Crippen LogP contribution in [-0.4, -0.2) is 16.2 Å². The molecule has 0 radical (unpaired) electrons. The zero-order chi connectivity index (χ0) is 10.7. The van der Waals surface area contributed by atoms with Gasteiger partial charge in [0.15, 0.2) is 0 Å². The maximum absolute atomic E-state index is 10.4. The van der Waals surface area contributed by atoms with Crippen molar-refractivity contribution in [2.45, 2.75) is 19.9 Å². The molecule has 0 aliphatic carbocycles. The van der Waals surface area contributed by atoms with E-state index in [2.05, 4.69) is 10.3 Å². The Bertz CT molecular complexity index is 334. The lowest BCUT2D eigenvalue weighted by Crippen LogP contribution is -2.24. The fraction of sp³-hybridized carbons (Fsp3) is 0.333. The van der Waals surface area contributed by atoms with E-state index in [4.69, 9.17) is 16.7 Å². The summed E-state index contributed by atoms with van der Waals surface area (Å²) < 4.78 is 0. The van der Waals surface area contributed by atoms with Gasteiger partial charge in [0.1, 0.15) is 5.15 Å². The molecule has 14 heavy (non-hydrogen) atoms. The number of hydrogen-bond acceptors (Lipinski definition) is 2. The molecule has 4 nitrogen and oxygen atoms in total. The van der Waals surface area contributed by atoms with Crippen molar-refractivity contribution in [2.24, 2.45) is 0 Å². The number of halogens is 1. The van der Waals surface area contributed by atoms with Crippen molar-refractivity contribution >= 4 is 17.7 Å². The van der Waals surface area contributed by atoms with Crippen molar-refractivity contribution in [3.05, 3.63) is 28.5 Å². The van der Waals surface area contributed by atoms with Gasteiger partial charge in [0, 0.05) is 5.69 Å². The molecule has 0 fully saturated rings. The van der Waals surface area contributed by atoms with E-state index in [1.54, 1.807) is 19.1 Å². The van der Waals surface area contributed by atoms with E-state index in [0.29, 0.717) is 5.15 Å². The Labute approximate surface area is 86.9 Å². The highest BCUT2D eigenvalue weighted by molar-refractivity contribution is 6.29. The fourth-order valence-electron chi connectivity index (χ4n) is 1.17. The van der Waals surface area contributed by atoms with Crippen LogP contribution in [0.15, 0.2) is 12.1 Å². The van der Waals surface area contributed by atoms with Crippen molar-refractivity contribution in [3.63, 3.8) is 0 Å². The number of rotatable bonds is 2. The third-order valence-corrected chi connectivity index (χ3v) is 1.98. The van der Waals surface area contributed by atoms with E-state index in [1.165, 1.54) is 0 Å². The van der Waals surface area contributed by atoms with Crippen molar-refractivity contribution < 1.29 is 9.90 Å². The third kappa shape index (κ3) is 2.88. The predicted octanol–water partition coefficient (Wildman–Crippen LogP) is 2.37. The lowest BCUT2D eigenvalue weighted by Gasteiger charge is -2.12. The molecule has 76 valence electrons. The number of aryl methyl sites for hydroxylation is 1. The lowest BCUT2D eigenvalue weighted by molar-refractivity contribution is 0.191. The quantitative estimate of drug-likeness (QED) is 0.743. The Morgan fingerprint density at radius 2 is 2.29 bits per heavy atom. The van der Waals surface area contributed by atoms with E-state index >= 15 is 0 Å². The molecule has 0 saturated carbocycles. The predicted molar refractivity (Wildman–Crippen MR) is 53.6 cm³/mol. The molecule has 1 aromatic heterocycles. The molecular weight excluding hydrogens is 204 g/mol. The van der Waals surface area contributed by atoms with Crippen molar-refractivity contribution in [3.8, 4) is 0 Å². The smallest absolute Gasteiger partial charge is 0.405 e. The fourth-order valence-corrected chi connectivity index (χ4v) is 1.43. The van der Waals surface area contributed by atoms with Crippen LogP contribution in [0.5, 0.6) is 0 Å². The Morgan fingerprint density at radius 3 is 2.79 bits per heavy atom. The van der Waals surface area contributed by atoms with Gasteiger partial charge in [0.05, 0.1) is 6.04 Å². The van der Waals surface area contributed by atoms with Gasteiger partial charge in [-0.05, 0) is 31.5 Å². The zero-order valence-corrected chi connectivity index (χ0v) is 8.67. The highest BCUT2D eigenvalue weighted by atomic mass is 35.5. The maximum Gasteiger partial charge on any atom is 0.405 e. The van der Waals surface area contributed by atoms with Crippen LogP contribution in [0.2, 0.25) is 5.15 Å². The molecule has 0 aromatic carbocycles. The van der Waals surface area contributed by atoms with E-state index < -0.39 is 6.09 Å². The van der Waals surface area contributed by atoms with Gasteiger partial charge in [-0.25, -0.2) is 9.78 Å². The highest BCUT2D eigenvalue weighted by Crippen LogP contribution is 2.17. The first-order chi connectivity index (χ1) is 6.49. The molecule has 1 heterocycles. The van der Waals surface area contributed by atoms with E-state index in [1.807, 2.05) is 6.92 Å². The Hall–Kier alpha value is -1.29. The molecule has 0 spiro atoms. The molecule has 1 aromatic rings. The second-order valence-electron chi connectivity index (χ2n) is 3.04. The second-order valence-corrected chi connectivity index (χ2v) is 3.42. The number of nitrogens with one attached hydrogen (secondary N) is 1. The number of carboxylic acid groups (broad SMARTS) is 1. The summed E-state index contributed by atoms with van der Waals surface area (Å²) in [6.45, 7) is 3.56. The molecule has 0 aliphatic rings. The van der Waals surface area contributed by atoms with Crippen LogP contribution >= 0.6 is 11.6 Å². The van der Waals surface area contributed by atoms with Crippen molar-refractivity contribution in [1.82, 2.24) is 10.3 Å². The highest BCUT2D eigenvalue weighted by Gasteiger charge is 2.09. The van der Waals surface area contributed by atoms with Crippen LogP contribution in [0.3, 0.4) is 0 Å². The summed E-state index contributed by atoms with van der Waals surface area (Å²) in [5, 5.41) is 11.2. The number of carbonyl (C=O) groups is 1. The van der Waals surface area contributed by atoms with E-state index in [9.17, 15) is 4.79 Å². The minimum absolute atomic E-state index is 0.285. The minimum atomic E-state index is -1.05. The van der Waals surface area contributed by atoms with Crippen LogP contribution in [0.4, 0.5) is 4.79 Å². The average molecular weight is 215 g/mol. The Kier molecular flexibility index (Phi) is 3.30.